The molecule has 0 fully saturated rings. The molecule has 7 nitrogen and oxygen atoms in total. The average molecular weight is 349 g/mol. The Hall–Kier alpha value is -3.74. The van der Waals surface area contributed by atoms with Gasteiger partial charge in [0.15, 0.2) is 11.6 Å². The maximum atomic E-state index is 12.4. The monoisotopic (exact) mass is 349 g/mol. The van der Waals surface area contributed by atoms with E-state index in [9.17, 15) is 14.9 Å². The molecule has 1 N–H and O–H groups in total. The van der Waals surface area contributed by atoms with Crippen LogP contribution in [0.25, 0.3) is 0 Å². The van der Waals surface area contributed by atoms with Crippen molar-refractivity contribution in [2.24, 2.45) is 0 Å². The lowest BCUT2D eigenvalue weighted by Crippen LogP contribution is -2.14. The number of aromatic nitrogens is 1. The van der Waals surface area contributed by atoms with Crippen molar-refractivity contribution in [3.8, 4) is 5.75 Å². The largest absolute Gasteiger partial charge is 0.485 e. The van der Waals surface area contributed by atoms with E-state index in [1.807, 2.05) is 30.3 Å². The van der Waals surface area contributed by atoms with Crippen molar-refractivity contribution in [1.82, 2.24) is 4.98 Å². The Labute approximate surface area is 149 Å². The van der Waals surface area contributed by atoms with Gasteiger partial charge in [0.2, 0.25) is 0 Å². The van der Waals surface area contributed by atoms with Crippen molar-refractivity contribution >= 4 is 17.4 Å². The highest BCUT2D eigenvalue weighted by Gasteiger charge is 2.14. The molecule has 1 amide bonds. The molecule has 26 heavy (non-hydrogen) atoms. The standard InChI is InChI=1S/C19H15N3O4/c23-19(15-8-4-9-16(12-15)22(24)25)21-18-17(10-5-11-20-18)26-13-14-6-2-1-3-7-14/h1-12H,13H2,(H,20,21,23). The predicted octanol–water partition coefficient (Wildman–Crippen LogP) is 3.82. The summed E-state index contributed by atoms with van der Waals surface area (Å²) in [5.41, 5.74) is 0.991. The van der Waals surface area contributed by atoms with Gasteiger partial charge in [-0.15, -0.1) is 0 Å². The topological polar surface area (TPSA) is 94.4 Å². The van der Waals surface area contributed by atoms with Gasteiger partial charge in [0, 0.05) is 23.9 Å². The van der Waals surface area contributed by atoms with Crippen LogP contribution in [0, 0.1) is 10.1 Å². The molecule has 0 saturated carbocycles. The first-order valence-electron chi connectivity index (χ1n) is 7.81. The molecule has 3 rings (SSSR count). The number of nitrogens with zero attached hydrogens (tertiary/aromatic N) is 2. The number of anilines is 1. The van der Waals surface area contributed by atoms with Gasteiger partial charge in [-0.2, -0.15) is 0 Å². The number of hydrogen-bond donors (Lipinski definition) is 1. The van der Waals surface area contributed by atoms with Crippen LogP contribution in [0.15, 0.2) is 72.9 Å². The van der Waals surface area contributed by atoms with Gasteiger partial charge < -0.3 is 10.1 Å². The van der Waals surface area contributed by atoms with Gasteiger partial charge in [-0.3, -0.25) is 14.9 Å². The van der Waals surface area contributed by atoms with Gasteiger partial charge in [-0.1, -0.05) is 36.4 Å². The number of nitro groups is 1. The van der Waals surface area contributed by atoms with E-state index < -0.39 is 10.8 Å². The second-order valence-electron chi connectivity index (χ2n) is 5.39. The fourth-order valence-electron chi connectivity index (χ4n) is 2.28. The summed E-state index contributed by atoms with van der Waals surface area (Å²) >= 11 is 0. The van der Waals surface area contributed by atoms with Gasteiger partial charge in [-0.25, -0.2) is 4.98 Å². The number of nitro benzene ring substituents is 1. The van der Waals surface area contributed by atoms with E-state index in [4.69, 9.17) is 4.74 Å². The molecule has 0 aliphatic heterocycles. The van der Waals surface area contributed by atoms with E-state index in [1.165, 1.54) is 30.5 Å². The summed E-state index contributed by atoms with van der Waals surface area (Å²) in [7, 11) is 0. The summed E-state index contributed by atoms with van der Waals surface area (Å²) < 4.78 is 5.74. The SMILES string of the molecule is O=C(Nc1ncccc1OCc1ccccc1)c1cccc([N+](=O)[O-])c1. The molecule has 0 aliphatic rings. The summed E-state index contributed by atoms with van der Waals surface area (Å²) in [6, 6.07) is 18.5. The molecule has 1 heterocycles. The number of pyridine rings is 1. The lowest BCUT2D eigenvalue weighted by molar-refractivity contribution is -0.384. The molecule has 0 aliphatic carbocycles. The van der Waals surface area contributed by atoms with Crippen LogP contribution in [0.5, 0.6) is 5.75 Å². The molecule has 0 bridgehead atoms. The number of carbonyl (C=O) groups is 1. The molecule has 3 aromatic rings. The molecule has 7 heteroatoms. The van der Waals surface area contributed by atoms with Gasteiger partial charge in [0.05, 0.1) is 4.92 Å². The number of hydrogen-bond acceptors (Lipinski definition) is 5. The zero-order valence-corrected chi connectivity index (χ0v) is 13.7. The first-order chi connectivity index (χ1) is 12.6. The number of nitrogens with one attached hydrogen (secondary N) is 1. The molecule has 1 aromatic heterocycles. The van der Waals surface area contributed by atoms with Crippen LogP contribution in [-0.4, -0.2) is 15.8 Å². The van der Waals surface area contributed by atoms with E-state index in [1.54, 1.807) is 12.1 Å². The Balaban J connectivity index is 1.74. The number of rotatable bonds is 6. The Bertz CT molecular complexity index is 929. The first-order valence-corrected chi connectivity index (χ1v) is 7.81. The number of benzene rings is 2. The van der Waals surface area contributed by atoms with E-state index in [0.717, 1.165) is 5.56 Å². The number of carbonyl (C=O) groups excluding carboxylic acids is 1. The van der Waals surface area contributed by atoms with E-state index in [-0.39, 0.29) is 17.1 Å². The second kappa shape index (κ2) is 7.89. The molecular weight excluding hydrogens is 334 g/mol. The summed E-state index contributed by atoms with van der Waals surface area (Å²) in [6.07, 6.45) is 1.53. The van der Waals surface area contributed by atoms with Gasteiger partial charge >= 0.3 is 0 Å². The van der Waals surface area contributed by atoms with Crippen LogP contribution in [0.3, 0.4) is 0 Å². The summed E-state index contributed by atoms with van der Waals surface area (Å²) in [4.78, 5) is 26.8. The van der Waals surface area contributed by atoms with Gasteiger partial charge in [-0.05, 0) is 23.8 Å². The predicted molar refractivity (Wildman–Crippen MR) is 96.1 cm³/mol. The van der Waals surface area contributed by atoms with Crippen molar-refractivity contribution in [1.29, 1.82) is 0 Å². The van der Waals surface area contributed by atoms with E-state index >= 15 is 0 Å². The Morgan fingerprint density at radius 1 is 1.08 bits per heavy atom. The maximum Gasteiger partial charge on any atom is 0.270 e. The summed E-state index contributed by atoms with van der Waals surface area (Å²) in [5.74, 6) is 0.159. The fourth-order valence-corrected chi connectivity index (χ4v) is 2.28. The Kier molecular flexibility index (Phi) is 5.19. The van der Waals surface area contributed by atoms with Gasteiger partial charge in [0.1, 0.15) is 6.61 Å². The van der Waals surface area contributed by atoms with Crippen molar-refractivity contribution in [3.63, 3.8) is 0 Å². The number of ether oxygens (including phenoxy) is 1. The van der Waals surface area contributed by atoms with Crippen LogP contribution in [-0.2, 0) is 6.61 Å². The molecule has 0 saturated heterocycles. The van der Waals surface area contributed by atoms with Crippen LogP contribution in [0.1, 0.15) is 15.9 Å². The van der Waals surface area contributed by atoms with Gasteiger partial charge in [0.25, 0.3) is 11.6 Å². The Morgan fingerprint density at radius 2 is 1.88 bits per heavy atom. The van der Waals surface area contributed by atoms with Crippen LogP contribution in [0.4, 0.5) is 11.5 Å². The quantitative estimate of drug-likeness (QED) is 0.539. The molecule has 130 valence electrons. The molecule has 2 aromatic carbocycles. The highest BCUT2D eigenvalue weighted by molar-refractivity contribution is 6.04. The van der Waals surface area contributed by atoms with Crippen LogP contribution < -0.4 is 10.1 Å². The molecular formula is C19H15N3O4. The second-order valence-corrected chi connectivity index (χ2v) is 5.39. The third-order valence-electron chi connectivity index (χ3n) is 3.56. The number of non-ortho nitro benzene ring substituents is 1. The number of amides is 1. The highest BCUT2D eigenvalue weighted by Crippen LogP contribution is 2.23. The highest BCUT2D eigenvalue weighted by atomic mass is 16.6. The lowest BCUT2D eigenvalue weighted by atomic mass is 10.2. The summed E-state index contributed by atoms with van der Waals surface area (Å²) in [6.45, 7) is 0.326. The van der Waals surface area contributed by atoms with E-state index in [2.05, 4.69) is 10.3 Å². The average Bonchev–Trinajstić information content (AvgIpc) is 2.68. The molecule has 0 spiro atoms. The smallest absolute Gasteiger partial charge is 0.270 e. The summed E-state index contributed by atoms with van der Waals surface area (Å²) in [5, 5.41) is 13.5. The molecule has 0 unspecified atom stereocenters. The zero-order valence-electron chi connectivity index (χ0n) is 13.7. The minimum Gasteiger partial charge on any atom is -0.485 e. The Morgan fingerprint density at radius 3 is 2.65 bits per heavy atom. The maximum absolute atomic E-state index is 12.4. The third kappa shape index (κ3) is 4.21. The third-order valence-corrected chi connectivity index (χ3v) is 3.56. The molecule has 0 radical (unpaired) electrons. The minimum atomic E-state index is -0.550. The first kappa shape index (κ1) is 17.1. The van der Waals surface area contributed by atoms with E-state index in [0.29, 0.717) is 12.4 Å². The lowest BCUT2D eigenvalue weighted by Gasteiger charge is -2.11. The fraction of sp³-hybridized carbons (Fsp3) is 0.0526. The zero-order chi connectivity index (χ0) is 18.4. The van der Waals surface area contributed by atoms with Crippen molar-refractivity contribution in [2.75, 3.05) is 5.32 Å². The van der Waals surface area contributed by atoms with Crippen LogP contribution >= 0.6 is 0 Å². The van der Waals surface area contributed by atoms with Crippen LogP contribution in [0.2, 0.25) is 0 Å². The van der Waals surface area contributed by atoms with Crippen molar-refractivity contribution in [2.45, 2.75) is 6.61 Å². The van der Waals surface area contributed by atoms with Crippen molar-refractivity contribution < 1.29 is 14.5 Å². The minimum absolute atomic E-state index is 0.153. The molecule has 0 atom stereocenters. The normalized spacial score (nSPS) is 10.2. The van der Waals surface area contributed by atoms with Crippen molar-refractivity contribution in [3.05, 3.63) is 94.2 Å².